The molecule has 2 heteroatoms. The van der Waals surface area contributed by atoms with E-state index < -0.39 is 0 Å². The first kappa shape index (κ1) is 6.98. The van der Waals surface area contributed by atoms with Gasteiger partial charge in [0.1, 0.15) is 12.4 Å². The van der Waals surface area contributed by atoms with Crippen LogP contribution in [0.3, 0.4) is 0 Å². The van der Waals surface area contributed by atoms with Gasteiger partial charge in [0.25, 0.3) is 0 Å². The zero-order chi connectivity index (χ0) is 8.23. The second-order valence-corrected chi connectivity index (χ2v) is 2.33. The number of rotatable bonds is 1. The van der Waals surface area contributed by atoms with Crippen LogP contribution in [0.5, 0.6) is 0 Å². The number of nitrogens with zero attached hydrogens (tertiary/aromatic N) is 2. The van der Waals surface area contributed by atoms with Crippen molar-refractivity contribution in [1.82, 2.24) is 9.97 Å². The molecule has 0 aliphatic carbocycles. The van der Waals surface area contributed by atoms with E-state index in [1.807, 2.05) is 30.3 Å². The third kappa shape index (κ3) is 1.32. The highest BCUT2D eigenvalue weighted by Gasteiger charge is 1.95. The van der Waals surface area contributed by atoms with Crippen molar-refractivity contribution in [3.8, 4) is 11.3 Å². The fourth-order valence-corrected chi connectivity index (χ4v) is 0.966. The lowest BCUT2D eigenvalue weighted by Gasteiger charge is -1.95. The molecule has 0 aliphatic rings. The van der Waals surface area contributed by atoms with E-state index >= 15 is 0 Å². The Labute approximate surface area is 70.9 Å². The summed E-state index contributed by atoms with van der Waals surface area (Å²) in [5, 5.41) is 0. The molecule has 2 nitrogen and oxygen atoms in total. The van der Waals surface area contributed by atoms with Crippen LogP contribution in [0.15, 0.2) is 36.5 Å². The van der Waals surface area contributed by atoms with Gasteiger partial charge in [-0.1, -0.05) is 30.3 Å². The largest absolute Gasteiger partial charge is 0.250 e. The van der Waals surface area contributed by atoms with E-state index in [4.69, 9.17) is 0 Å². The average molecular weight is 154 g/mol. The van der Waals surface area contributed by atoms with Crippen LogP contribution in [-0.4, -0.2) is 9.97 Å². The Hall–Kier alpha value is -1.70. The van der Waals surface area contributed by atoms with Gasteiger partial charge in [-0.3, -0.25) is 0 Å². The van der Waals surface area contributed by atoms with E-state index in [2.05, 4.69) is 22.4 Å². The molecule has 2 aromatic rings. The summed E-state index contributed by atoms with van der Waals surface area (Å²) in [5.74, 6) is 0. The molecule has 0 N–H and O–H groups in total. The predicted octanol–water partition coefficient (Wildman–Crippen LogP) is 1.74. The van der Waals surface area contributed by atoms with Gasteiger partial charge in [-0.25, -0.2) is 9.97 Å². The number of hydrogen-bond donors (Lipinski definition) is 0. The van der Waals surface area contributed by atoms with Crippen LogP contribution in [0.2, 0.25) is 0 Å². The zero-order valence-electron chi connectivity index (χ0n) is 6.36. The van der Waals surface area contributed by atoms with Gasteiger partial charge in [-0.05, 0) is 0 Å². The minimum atomic E-state index is 0.734. The lowest BCUT2D eigenvalue weighted by Crippen LogP contribution is -1.83. The first-order valence-electron chi connectivity index (χ1n) is 3.63. The fourth-order valence-electron chi connectivity index (χ4n) is 0.966. The summed E-state index contributed by atoms with van der Waals surface area (Å²) < 4.78 is 0. The standard InChI is InChI=1S/C10H6N2/c1-2-4-9(5-3-1)10-8-11-6-7-12-10/h1-6H. The highest BCUT2D eigenvalue weighted by atomic mass is 14.8. The molecule has 0 fully saturated rings. The zero-order valence-corrected chi connectivity index (χ0v) is 6.36. The Bertz CT molecular complexity index is 305. The predicted molar refractivity (Wildman–Crippen MR) is 45.1 cm³/mol. The minimum Gasteiger partial charge on any atom is -0.250 e. The maximum Gasteiger partial charge on any atom is 0.117 e. The Morgan fingerprint density at radius 3 is 2.58 bits per heavy atom. The van der Waals surface area contributed by atoms with Crippen LogP contribution in [0.25, 0.3) is 11.3 Å². The molecule has 0 unspecified atom stereocenters. The lowest BCUT2D eigenvalue weighted by atomic mass is 10.2. The summed E-state index contributed by atoms with van der Waals surface area (Å²) in [6, 6.07) is 9.81. The van der Waals surface area contributed by atoms with Crippen molar-refractivity contribution in [2.45, 2.75) is 0 Å². The van der Waals surface area contributed by atoms with Crippen LogP contribution in [-0.2, 0) is 0 Å². The summed E-state index contributed by atoms with van der Waals surface area (Å²) in [6.45, 7) is 0. The van der Waals surface area contributed by atoms with E-state index in [9.17, 15) is 0 Å². The molecule has 1 aromatic heterocycles. The molecule has 12 heavy (non-hydrogen) atoms. The molecule has 0 aliphatic heterocycles. The Morgan fingerprint density at radius 2 is 1.92 bits per heavy atom. The van der Waals surface area contributed by atoms with E-state index in [1.54, 1.807) is 0 Å². The van der Waals surface area contributed by atoms with Crippen molar-refractivity contribution in [3.05, 3.63) is 48.9 Å². The molecule has 0 amide bonds. The van der Waals surface area contributed by atoms with Gasteiger partial charge in [-0.2, -0.15) is 0 Å². The fraction of sp³-hybridized carbons (Fsp3) is 0. The maximum atomic E-state index is 4.01. The molecule has 0 bridgehead atoms. The van der Waals surface area contributed by atoms with E-state index in [0.29, 0.717) is 0 Å². The monoisotopic (exact) mass is 154 g/mol. The summed E-state index contributed by atoms with van der Waals surface area (Å²) in [7, 11) is 0. The molecule has 1 heterocycles. The molecule has 1 aromatic carbocycles. The summed E-state index contributed by atoms with van der Waals surface area (Å²) in [4.78, 5) is 7.82. The third-order valence-electron chi connectivity index (χ3n) is 1.52. The van der Waals surface area contributed by atoms with E-state index in [0.717, 1.165) is 11.3 Å². The van der Waals surface area contributed by atoms with Crippen molar-refractivity contribution in [2.75, 3.05) is 0 Å². The molecule has 2 rings (SSSR count). The topological polar surface area (TPSA) is 25.8 Å². The van der Waals surface area contributed by atoms with Crippen molar-refractivity contribution in [2.24, 2.45) is 0 Å². The number of hydrogen-bond acceptors (Lipinski definition) is 2. The molecule has 0 saturated heterocycles. The average Bonchev–Trinajstić information content (AvgIpc) is 2.21. The lowest BCUT2D eigenvalue weighted by molar-refractivity contribution is 1.18. The van der Waals surface area contributed by atoms with Gasteiger partial charge < -0.3 is 0 Å². The Balaban J connectivity index is 2.46. The van der Waals surface area contributed by atoms with Crippen molar-refractivity contribution >= 4 is 0 Å². The van der Waals surface area contributed by atoms with Gasteiger partial charge >= 0.3 is 0 Å². The molecule has 56 valence electrons. The molecule has 2 radical (unpaired) electrons. The van der Waals surface area contributed by atoms with E-state index in [1.165, 1.54) is 6.20 Å². The minimum absolute atomic E-state index is 0.734. The van der Waals surface area contributed by atoms with Crippen molar-refractivity contribution in [3.63, 3.8) is 0 Å². The third-order valence-corrected chi connectivity index (χ3v) is 1.52. The van der Waals surface area contributed by atoms with Gasteiger partial charge in [0.15, 0.2) is 0 Å². The summed E-state index contributed by atoms with van der Waals surface area (Å²) in [5.41, 5.74) is 1.75. The first-order valence-corrected chi connectivity index (χ1v) is 3.63. The Kier molecular flexibility index (Phi) is 1.82. The SMILES string of the molecule is [c]1cn[c]c(-c2ccccc2)n1. The molecule has 0 saturated carbocycles. The summed E-state index contributed by atoms with van der Waals surface area (Å²) in [6.07, 6.45) is 6.95. The quantitative estimate of drug-likeness (QED) is 0.625. The van der Waals surface area contributed by atoms with Crippen molar-refractivity contribution < 1.29 is 0 Å². The van der Waals surface area contributed by atoms with Crippen LogP contribution < -0.4 is 0 Å². The summed E-state index contributed by atoms with van der Waals surface area (Å²) >= 11 is 0. The highest BCUT2D eigenvalue weighted by molar-refractivity contribution is 5.56. The van der Waals surface area contributed by atoms with Crippen molar-refractivity contribution in [1.29, 1.82) is 0 Å². The molecular weight excluding hydrogens is 148 g/mol. The highest BCUT2D eigenvalue weighted by Crippen LogP contribution is 2.12. The van der Waals surface area contributed by atoms with Gasteiger partial charge in [-0.15, -0.1) is 0 Å². The van der Waals surface area contributed by atoms with Gasteiger partial charge in [0, 0.05) is 5.56 Å². The van der Waals surface area contributed by atoms with Crippen LogP contribution >= 0.6 is 0 Å². The maximum absolute atomic E-state index is 4.01. The van der Waals surface area contributed by atoms with Gasteiger partial charge in [0.2, 0.25) is 0 Å². The second kappa shape index (κ2) is 3.13. The molecule has 0 spiro atoms. The van der Waals surface area contributed by atoms with Crippen LogP contribution in [0.1, 0.15) is 0 Å². The van der Waals surface area contributed by atoms with Crippen LogP contribution in [0, 0.1) is 12.4 Å². The molecule has 0 atom stereocenters. The van der Waals surface area contributed by atoms with Gasteiger partial charge in [0.05, 0.1) is 11.9 Å². The van der Waals surface area contributed by atoms with Crippen LogP contribution in [0.4, 0.5) is 0 Å². The normalized spacial score (nSPS) is 9.67. The first-order chi connectivity index (χ1) is 5.97. The Morgan fingerprint density at radius 1 is 1.08 bits per heavy atom. The number of aromatic nitrogens is 2. The number of benzene rings is 1. The molecular formula is C10H6N2. The second-order valence-electron chi connectivity index (χ2n) is 2.33. The smallest absolute Gasteiger partial charge is 0.117 e. The van der Waals surface area contributed by atoms with E-state index in [-0.39, 0.29) is 0 Å².